The van der Waals surface area contributed by atoms with Gasteiger partial charge < -0.3 is 15.4 Å². The van der Waals surface area contributed by atoms with Crippen LogP contribution in [-0.2, 0) is 32.2 Å². The highest BCUT2D eigenvalue weighted by Crippen LogP contribution is 2.28. The molecule has 0 spiro atoms. The van der Waals surface area contributed by atoms with Gasteiger partial charge in [0.25, 0.3) is 0 Å². The van der Waals surface area contributed by atoms with Gasteiger partial charge in [-0.15, -0.1) is 0 Å². The fraction of sp³-hybridized carbons (Fsp3) is 0.310. The monoisotopic (exact) mass is 535 g/mol. The van der Waals surface area contributed by atoms with E-state index in [0.717, 1.165) is 11.1 Å². The lowest BCUT2D eigenvalue weighted by atomic mass is 10.0. The van der Waals surface area contributed by atoms with Crippen LogP contribution < -0.4 is 5.73 Å². The Morgan fingerprint density at radius 2 is 1.37 bits per heavy atom. The Morgan fingerprint density at radius 3 is 1.92 bits per heavy atom. The highest BCUT2D eigenvalue weighted by molar-refractivity contribution is 7.92. The van der Waals surface area contributed by atoms with Gasteiger partial charge >= 0.3 is 6.03 Å². The molecule has 0 radical (unpaired) electrons. The van der Waals surface area contributed by atoms with E-state index in [9.17, 15) is 18.0 Å². The van der Waals surface area contributed by atoms with Crippen molar-refractivity contribution in [2.24, 2.45) is 5.73 Å². The van der Waals surface area contributed by atoms with Crippen LogP contribution in [0.25, 0.3) is 0 Å². The molecule has 1 aliphatic rings. The van der Waals surface area contributed by atoms with Crippen LogP contribution in [0, 0.1) is 0 Å². The van der Waals surface area contributed by atoms with Crippen molar-refractivity contribution in [3.8, 4) is 0 Å². The average molecular weight is 536 g/mol. The Labute approximate surface area is 223 Å². The number of ether oxygens (including phenoxy) is 1. The number of benzene rings is 3. The van der Waals surface area contributed by atoms with Gasteiger partial charge in [-0.2, -0.15) is 0 Å². The Kier molecular flexibility index (Phi) is 9.15. The molecule has 2 atom stereocenters. The molecular weight excluding hydrogens is 502 g/mol. The molecule has 9 heteroatoms. The van der Waals surface area contributed by atoms with Crippen molar-refractivity contribution in [2.75, 3.05) is 26.3 Å². The van der Waals surface area contributed by atoms with E-state index in [1.807, 2.05) is 60.7 Å². The number of hydrogen-bond acceptors (Lipinski definition) is 5. The van der Waals surface area contributed by atoms with Gasteiger partial charge in [0, 0.05) is 19.5 Å². The minimum absolute atomic E-state index is 0.0840. The van der Waals surface area contributed by atoms with Crippen LogP contribution in [-0.4, -0.2) is 67.9 Å². The van der Waals surface area contributed by atoms with Crippen molar-refractivity contribution in [3.63, 3.8) is 0 Å². The fourth-order valence-electron chi connectivity index (χ4n) is 4.69. The van der Waals surface area contributed by atoms with E-state index >= 15 is 0 Å². The molecule has 1 saturated heterocycles. The lowest BCUT2D eigenvalue weighted by Crippen LogP contribution is -2.60. The first-order valence-corrected chi connectivity index (χ1v) is 14.2. The van der Waals surface area contributed by atoms with Crippen molar-refractivity contribution in [1.82, 2.24) is 9.80 Å². The normalized spacial score (nSPS) is 15.4. The smallest absolute Gasteiger partial charge is 0.321 e. The van der Waals surface area contributed by atoms with Gasteiger partial charge in [-0.3, -0.25) is 9.69 Å². The highest BCUT2D eigenvalue weighted by Gasteiger charge is 2.43. The van der Waals surface area contributed by atoms with Crippen molar-refractivity contribution in [1.29, 1.82) is 0 Å². The summed E-state index contributed by atoms with van der Waals surface area (Å²) < 4.78 is 33.8. The summed E-state index contributed by atoms with van der Waals surface area (Å²) in [5.74, 6) is -0.761. The number of hydrogen-bond donors (Lipinski definition) is 1. The third kappa shape index (κ3) is 6.59. The number of primary amides is 1. The van der Waals surface area contributed by atoms with E-state index in [2.05, 4.69) is 0 Å². The molecule has 38 heavy (non-hydrogen) atoms. The number of sulfone groups is 1. The zero-order valence-electron chi connectivity index (χ0n) is 21.2. The van der Waals surface area contributed by atoms with Gasteiger partial charge in [0.2, 0.25) is 5.91 Å². The molecule has 3 aromatic carbocycles. The van der Waals surface area contributed by atoms with Crippen molar-refractivity contribution >= 4 is 21.8 Å². The lowest BCUT2D eigenvalue weighted by Gasteiger charge is -2.40. The number of urea groups is 1. The average Bonchev–Trinajstić information content (AvgIpc) is 2.96. The summed E-state index contributed by atoms with van der Waals surface area (Å²) in [4.78, 5) is 29.9. The predicted octanol–water partition coefficient (Wildman–Crippen LogP) is 3.27. The molecule has 1 aliphatic heterocycles. The minimum Gasteiger partial charge on any atom is -0.378 e. The quantitative estimate of drug-likeness (QED) is 0.429. The van der Waals surface area contributed by atoms with Gasteiger partial charge in [-0.1, -0.05) is 78.9 Å². The first-order chi connectivity index (χ1) is 18.4. The van der Waals surface area contributed by atoms with E-state index in [0.29, 0.717) is 32.7 Å². The summed E-state index contributed by atoms with van der Waals surface area (Å²) in [6.07, 6.45) is 0.579. The van der Waals surface area contributed by atoms with Crippen molar-refractivity contribution < 1.29 is 22.7 Å². The standard InChI is InChI=1S/C29H33N3O5S/c30-28(33)26(22-24-12-6-2-7-13-24)32(29(34)31-18-20-37-21-19-31)27(17-16-23-10-4-1-5-11-23)38(35,36)25-14-8-3-9-15-25/h1-15,26-27H,16-22H2,(H2,30,33)/t26-,27?/m0/s1. The number of nitrogens with two attached hydrogens (primary N) is 1. The van der Waals surface area contributed by atoms with E-state index in [4.69, 9.17) is 10.5 Å². The molecular formula is C29H33N3O5S. The third-order valence-electron chi connectivity index (χ3n) is 6.70. The maximum atomic E-state index is 14.2. The molecule has 0 saturated carbocycles. The van der Waals surface area contributed by atoms with Crippen LogP contribution in [0.3, 0.4) is 0 Å². The molecule has 1 heterocycles. The largest absolute Gasteiger partial charge is 0.378 e. The molecule has 2 N–H and O–H groups in total. The summed E-state index contributed by atoms with van der Waals surface area (Å²) in [7, 11) is -4.09. The summed E-state index contributed by atoms with van der Waals surface area (Å²) in [5, 5.41) is -1.32. The second-order valence-corrected chi connectivity index (χ2v) is 11.3. The second-order valence-electron chi connectivity index (χ2n) is 9.23. The van der Waals surface area contributed by atoms with Crippen LogP contribution in [0.2, 0.25) is 0 Å². The number of aryl methyl sites for hydroxylation is 1. The van der Waals surface area contributed by atoms with E-state index < -0.39 is 33.2 Å². The Balaban J connectivity index is 1.81. The number of carbonyl (C=O) groups excluding carboxylic acids is 2. The number of nitrogens with zero attached hydrogens (tertiary/aromatic N) is 2. The number of carbonyl (C=O) groups is 2. The van der Waals surface area contributed by atoms with Gasteiger partial charge in [-0.05, 0) is 36.1 Å². The zero-order chi connectivity index (χ0) is 27.0. The summed E-state index contributed by atoms with van der Waals surface area (Å²) in [5.41, 5.74) is 7.61. The minimum atomic E-state index is -4.09. The SMILES string of the molecule is NC(=O)[C@H](Cc1ccccc1)N(C(=O)N1CCOCC1)C(CCc1ccccc1)S(=O)(=O)c1ccccc1. The maximum Gasteiger partial charge on any atom is 0.321 e. The number of rotatable bonds is 10. The molecule has 0 bridgehead atoms. The summed E-state index contributed by atoms with van der Waals surface area (Å²) >= 11 is 0. The van der Waals surface area contributed by atoms with Crippen molar-refractivity contribution in [3.05, 3.63) is 102 Å². The first kappa shape index (κ1) is 27.3. The van der Waals surface area contributed by atoms with Gasteiger partial charge in [0.1, 0.15) is 11.4 Å². The number of amides is 3. The highest BCUT2D eigenvalue weighted by atomic mass is 32.2. The summed E-state index contributed by atoms with van der Waals surface area (Å²) in [6, 6.07) is 25.0. The van der Waals surface area contributed by atoms with Crippen LogP contribution in [0.15, 0.2) is 95.9 Å². The molecule has 1 unspecified atom stereocenters. The topological polar surface area (TPSA) is 110 Å². The molecule has 1 fully saturated rings. The Bertz CT molecular complexity index is 1300. The zero-order valence-corrected chi connectivity index (χ0v) is 22.0. The third-order valence-corrected chi connectivity index (χ3v) is 8.81. The van der Waals surface area contributed by atoms with E-state index in [1.54, 1.807) is 23.1 Å². The molecule has 0 aromatic heterocycles. The number of morpholine rings is 1. The van der Waals surface area contributed by atoms with Crippen LogP contribution >= 0.6 is 0 Å². The summed E-state index contributed by atoms with van der Waals surface area (Å²) in [6.45, 7) is 1.26. The van der Waals surface area contributed by atoms with E-state index in [1.165, 1.54) is 17.0 Å². The molecule has 8 nitrogen and oxygen atoms in total. The molecule has 3 aromatic rings. The van der Waals surface area contributed by atoms with Gasteiger partial charge in [0.15, 0.2) is 9.84 Å². The Hall–Kier alpha value is -3.69. The van der Waals surface area contributed by atoms with Crippen LogP contribution in [0.4, 0.5) is 4.79 Å². The molecule has 200 valence electrons. The second kappa shape index (κ2) is 12.7. The molecule has 0 aliphatic carbocycles. The molecule has 3 amide bonds. The molecule has 4 rings (SSSR count). The first-order valence-electron chi connectivity index (χ1n) is 12.7. The maximum absolute atomic E-state index is 14.2. The van der Waals surface area contributed by atoms with Crippen molar-refractivity contribution in [2.45, 2.75) is 35.6 Å². The fourth-order valence-corrected chi connectivity index (χ4v) is 6.51. The van der Waals surface area contributed by atoms with Crippen LogP contribution in [0.5, 0.6) is 0 Å². The van der Waals surface area contributed by atoms with Gasteiger partial charge in [0.05, 0.1) is 18.1 Å². The lowest BCUT2D eigenvalue weighted by molar-refractivity contribution is -0.122. The van der Waals surface area contributed by atoms with Crippen LogP contribution in [0.1, 0.15) is 17.5 Å². The van der Waals surface area contributed by atoms with Gasteiger partial charge in [-0.25, -0.2) is 13.2 Å². The predicted molar refractivity (Wildman–Crippen MR) is 145 cm³/mol. The van der Waals surface area contributed by atoms with E-state index in [-0.39, 0.29) is 17.7 Å². The Morgan fingerprint density at radius 1 is 0.842 bits per heavy atom.